The Hall–Kier alpha value is -3.62. The molecule has 0 spiro atoms. The second-order valence-electron chi connectivity index (χ2n) is 4.74. The Bertz CT molecular complexity index is 905. The van der Waals surface area contributed by atoms with Crippen LogP contribution in [0.15, 0.2) is 36.4 Å². The Balaban J connectivity index is 2.26. The van der Waals surface area contributed by atoms with Gasteiger partial charge in [0.05, 0.1) is 4.92 Å². The first-order valence-electron chi connectivity index (χ1n) is 6.32. The monoisotopic (exact) mass is 313 g/mol. The van der Waals surface area contributed by atoms with Gasteiger partial charge in [0, 0.05) is 28.3 Å². The molecule has 0 heterocycles. The average Bonchev–Trinajstić information content (AvgIpc) is 2.51. The van der Waals surface area contributed by atoms with E-state index >= 15 is 0 Å². The zero-order valence-electron chi connectivity index (χ0n) is 11.3. The summed E-state index contributed by atoms with van der Waals surface area (Å²) in [4.78, 5) is 45.7. The molecule has 9 nitrogen and oxygen atoms in total. The molecule has 3 rings (SSSR count). The van der Waals surface area contributed by atoms with E-state index in [1.54, 1.807) is 17.6 Å². The van der Waals surface area contributed by atoms with Crippen LogP contribution < -0.4 is 5.43 Å². The minimum Gasteiger partial charge on any atom is -0.289 e. The Labute approximate surface area is 127 Å². The van der Waals surface area contributed by atoms with Crippen molar-refractivity contribution in [3.63, 3.8) is 0 Å². The molecule has 9 heteroatoms. The van der Waals surface area contributed by atoms with Crippen molar-refractivity contribution in [1.82, 2.24) is 0 Å². The fourth-order valence-corrected chi connectivity index (χ4v) is 2.47. The molecule has 1 N–H and O–H groups in total. The largest absolute Gasteiger partial charge is 0.299 e. The molecule has 1 aliphatic rings. The first-order chi connectivity index (χ1) is 10.9. The van der Waals surface area contributed by atoms with Crippen LogP contribution in [-0.4, -0.2) is 21.5 Å². The van der Waals surface area contributed by atoms with Gasteiger partial charge in [0.25, 0.3) is 5.69 Å². The number of carbonyl (C=O) groups is 2. The second-order valence-corrected chi connectivity index (χ2v) is 4.74. The van der Waals surface area contributed by atoms with Crippen LogP contribution in [0.4, 0.5) is 11.4 Å². The number of anilines is 1. The third-order valence-electron chi connectivity index (χ3n) is 3.45. The predicted molar refractivity (Wildman–Crippen MR) is 77.0 cm³/mol. The number of carbonyl (C=O) groups excluding carboxylic acids is 2. The highest BCUT2D eigenvalue weighted by molar-refractivity contribution is 6.28. The lowest BCUT2D eigenvalue weighted by atomic mass is 9.83. The normalized spacial score (nSPS) is 12.3. The van der Waals surface area contributed by atoms with Crippen molar-refractivity contribution < 1.29 is 19.5 Å². The summed E-state index contributed by atoms with van der Waals surface area (Å²) in [5.41, 5.74) is 0.624. The maximum atomic E-state index is 12.5. The molecule has 0 saturated heterocycles. The van der Waals surface area contributed by atoms with Gasteiger partial charge in [-0.2, -0.15) is 0 Å². The summed E-state index contributed by atoms with van der Waals surface area (Å²) in [5, 5.41) is 20.7. The van der Waals surface area contributed by atoms with Gasteiger partial charge in [-0.25, -0.2) is 10.1 Å². The van der Waals surface area contributed by atoms with Crippen LogP contribution >= 0.6 is 0 Å². The van der Waals surface area contributed by atoms with Crippen LogP contribution in [0.25, 0.3) is 0 Å². The van der Waals surface area contributed by atoms with E-state index in [1.807, 2.05) is 0 Å². The summed E-state index contributed by atoms with van der Waals surface area (Å²) < 4.78 is 0. The third-order valence-corrected chi connectivity index (χ3v) is 3.45. The standard InChI is InChI=1S/C14H7N3O6/c18-13-7-3-1-2-4-8(7)14(19)10-6-12(16(20)21)11(5-9(10)13)15-17(22)23/h1-6,15H. The molecule has 114 valence electrons. The number of nitro benzene ring substituents is 1. The lowest BCUT2D eigenvalue weighted by Gasteiger charge is -2.17. The molecular weight excluding hydrogens is 306 g/mol. The number of benzene rings is 2. The topological polar surface area (TPSA) is 132 Å². The molecule has 0 radical (unpaired) electrons. The van der Waals surface area contributed by atoms with Gasteiger partial charge >= 0.3 is 0 Å². The fraction of sp³-hybridized carbons (Fsp3) is 0. The maximum absolute atomic E-state index is 12.5. The number of nitrogens with zero attached hydrogens (tertiary/aromatic N) is 2. The first-order valence-corrected chi connectivity index (χ1v) is 6.32. The Kier molecular flexibility index (Phi) is 3.10. The highest BCUT2D eigenvalue weighted by atomic mass is 16.7. The summed E-state index contributed by atoms with van der Waals surface area (Å²) in [6.07, 6.45) is 0. The lowest BCUT2D eigenvalue weighted by molar-refractivity contribution is -0.447. The molecular formula is C14H7N3O6. The molecule has 0 atom stereocenters. The molecule has 0 aliphatic heterocycles. The molecule has 2 aromatic carbocycles. The van der Waals surface area contributed by atoms with Gasteiger partial charge in [-0.05, 0) is 6.07 Å². The molecule has 0 amide bonds. The summed E-state index contributed by atoms with van der Waals surface area (Å²) in [7, 11) is 0. The average molecular weight is 313 g/mol. The van der Waals surface area contributed by atoms with E-state index in [9.17, 15) is 29.8 Å². The van der Waals surface area contributed by atoms with E-state index in [1.165, 1.54) is 12.1 Å². The smallest absolute Gasteiger partial charge is 0.289 e. The summed E-state index contributed by atoms with van der Waals surface area (Å²) in [6.45, 7) is 0. The Morgan fingerprint density at radius 2 is 1.35 bits per heavy atom. The van der Waals surface area contributed by atoms with E-state index in [-0.39, 0.29) is 22.3 Å². The summed E-state index contributed by atoms with van der Waals surface area (Å²) in [5.74, 6) is -1.05. The van der Waals surface area contributed by atoms with Crippen molar-refractivity contribution in [1.29, 1.82) is 0 Å². The van der Waals surface area contributed by atoms with E-state index < -0.39 is 32.9 Å². The number of hydrogen-bond donors (Lipinski definition) is 1. The molecule has 23 heavy (non-hydrogen) atoms. The van der Waals surface area contributed by atoms with Crippen LogP contribution in [-0.2, 0) is 0 Å². The van der Waals surface area contributed by atoms with Crippen LogP contribution in [0.5, 0.6) is 0 Å². The number of ketones is 2. The Morgan fingerprint density at radius 1 is 0.826 bits per heavy atom. The minimum atomic E-state index is -0.974. The maximum Gasteiger partial charge on any atom is 0.299 e. The first kappa shape index (κ1) is 14.3. The van der Waals surface area contributed by atoms with E-state index in [0.717, 1.165) is 12.1 Å². The quantitative estimate of drug-likeness (QED) is 0.577. The van der Waals surface area contributed by atoms with Gasteiger partial charge in [-0.3, -0.25) is 19.7 Å². The number of nitrogens with one attached hydrogen (secondary N) is 1. The van der Waals surface area contributed by atoms with Crippen molar-refractivity contribution in [3.05, 3.63) is 78.9 Å². The van der Waals surface area contributed by atoms with Crippen molar-refractivity contribution in [2.24, 2.45) is 0 Å². The van der Waals surface area contributed by atoms with Crippen molar-refractivity contribution in [2.75, 3.05) is 5.43 Å². The number of hydrogen-bond acceptors (Lipinski definition) is 6. The molecule has 0 fully saturated rings. The van der Waals surface area contributed by atoms with Crippen molar-refractivity contribution in [2.45, 2.75) is 0 Å². The zero-order chi connectivity index (χ0) is 16.7. The Morgan fingerprint density at radius 3 is 1.83 bits per heavy atom. The van der Waals surface area contributed by atoms with Crippen molar-refractivity contribution >= 4 is 22.9 Å². The molecule has 0 saturated carbocycles. The molecule has 0 unspecified atom stereocenters. The van der Waals surface area contributed by atoms with Gasteiger partial charge < -0.3 is 0 Å². The molecule has 1 aliphatic carbocycles. The van der Waals surface area contributed by atoms with Crippen LogP contribution in [0.2, 0.25) is 0 Å². The predicted octanol–water partition coefficient (Wildman–Crippen LogP) is 1.97. The van der Waals surface area contributed by atoms with Gasteiger partial charge in [0.1, 0.15) is 0 Å². The van der Waals surface area contributed by atoms with Crippen molar-refractivity contribution in [3.8, 4) is 0 Å². The van der Waals surface area contributed by atoms with E-state index in [2.05, 4.69) is 0 Å². The second kappa shape index (κ2) is 4.98. The molecule has 2 aromatic rings. The van der Waals surface area contributed by atoms with Gasteiger partial charge in [-0.15, -0.1) is 5.43 Å². The minimum absolute atomic E-state index is 0.108. The van der Waals surface area contributed by atoms with Gasteiger partial charge in [-0.1, -0.05) is 24.3 Å². The van der Waals surface area contributed by atoms with Crippen LogP contribution in [0.1, 0.15) is 31.8 Å². The number of rotatable bonds is 3. The molecule has 0 aromatic heterocycles. The van der Waals surface area contributed by atoms with E-state index in [4.69, 9.17) is 0 Å². The van der Waals surface area contributed by atoms with Gasteiger partial charge in [0.2, 0.25) is 0 Å². The molecule has 0 bridgehead atoms. The van der Waals surface area contributed by atoms with Gasteiger partial charge in [0.15, 0.2) is 22.3 Å². The zero-order valence-corrected chi connectivity index (χ0v) is 11.3. The highest BCUT2D eigenvalue weighted by Gasteiger charge is 2.33. The van der Waals surface area contributed by atoms with Crippen LogP contribution in [0.3, 0.4) is 0 Å². The summed E-state index contributed by atoms with van der Waals surface area (Å²) >= 11 is 0. The summed E-state index contributed by atoms with van der Waals surface area (Å²) in [6, 6.07) is 7.92. The highest BCUT2D eigenvalue weighted by Crippen LogP contribution is 2.34. The SMILES string of the molecule is O=C1c2ccccc2C(=O)c2cc([N+](=O)[O-])c(N[N+](=O)[O-])cc21. The van der Waals surface area contributed by atoms with E-state index in [0.29, 0.717) is 0 Å². The fourth-order valence-electron chi connectivity index (χ4n) is 2.47. The lowest BCUT2D eigenvalue weighted by Crippen LogP contribution is -2.22. The number of hydrazine groups is 1. The number of nitro groups is 2. The third kappa shape index (κ3) is 2.20. The van der Waals surface area contributed by atoms with Crippen LogP contribution in [0, 0.1) is 20.2 Å². The number of fused-ring (bicyclic) bond motifs is 2.